The summed E-state index contributed by atoms with van der Waals surface area (Å²) in [5.74, 6) is -0.510. The van der Waals surface area contributed by atoms with Crippen LogP contribution < -0.4 is 5.32 Å². The van der Waals surface area contributed by atoms with E-state index in [2.05, 4.69) is 31.3 Å². The van der Waals surface area contributed by atoms with Crippen LogP contribution >= 0.6 is 0 Å². The number of allylic oxidation sites excluding steroid dienone is 3. The minimum absolute atomic E-state index is 0.373. The molecule has 0 fully saturated rings. The van der Waals surface area contributed by atoms with Gasteiger partial charge in [-0.1, -0.05) is 244 Å². The number of hydrogen-bond acceptors (Lipinski definition) is 4. The topological polar surface area (TPSA) is 89.8 Å². The van der Waals surface area contributed by atoms with Gasteiger partial charge >= 0.3 is 0 Å². The normalized spacial score (nSPS) is 13.7. The second-order valence-electron chi connectivity index (χ2n) is 16.3. The number of rotatable bonds is 43. The van der Waals surface area contributed by atoms with Gasteiger partial charge in [-0.2, -0.15) is 0 Å². The van der Waals surface area contributed by atoms with Crippen LogP contribution in [0.2, 0.25) is 0 Å². The minimum Gasteiger partial charge on any atom is -0.394 e. The molecule has 0 aliphatic heterocycles. The van der Waals surface area contributed by atoms with Crippen molar-refractivity contribution in [2.75, 3.05) is 6.61 Å². The number of hydrogen-bond donors (Lipinski definition) is 4. The molecule has 53 heavy (non-hydrogen) atoms. The first-order valence-corrected chi connectivity index (χ1v) is 23.7. The van der Waals surface area contributed by atoms with E-state index < -0.39 is 24.2 Å². The molecule has 0 aromatic rings. The highest BCUT2D eigenvalue weighted by Gasteiger charge is 2.22. The molecule has 1 amide bonds. The van der Waals surface area contributed by atoms with Crippen molar-refractivity contribution < 1.29 is 20.1 Å². The summed E-state index contributed by atoms with van der Waals surface area (Å²) in [5.41, 5.74) is 0. The largest absolute Gasteiger partial charge is 0.394 e. The monoisotopic (exact) mass is 748 g/mol. The highest BCUT2D eigenvalue weighted by atomic mass is 16.3. The van der Waals surface area contributed by atoms with E-state index in [1.165, 1.54) is 193 Å². The van der Waals surface area contributed by atoms with Crippen molar-refractivity contribution >= 4 is 5.91 Å². The second-order valence-corrected chi connectivity index (χ2v) is 16.3. The molecule has 314 valence electrons. The average molecular weight is 748 g/mol. The maximum absolute atomic E-state index is 12.5. The van der Waals surface area contributed by atoms with Gasteiger partial charge in [0, 0.05) is 0 Å². The van der Waals surface area contributed by atoms with Gasteiger partial charge in [-0.05, 0) is 32.1 Å². The van der Waals surface area contributed by atoms with Gasteiger partial charge in [0.25, 0.3) is 0 Å². The SMILES string of the molecule is CCCCCCCC/C=C/CC/C=C/C(O)C(CO)NC(=O)C(O)CCCCCCCCCCCCCCCCCCCCCCCCCCCCC. The molecule has 0 aliphatic carbocycles. The van der Waals surface area contributed by atoms with Gasteiger partial charge in [-0.25, -0.2) is 0 Å². The molecule has 0 aromatic heterocycles. The molecule has 5 heteroatoms. The predicted octanol–water partition coefficient (Wildman–Crippen LogP) is 13.8. The molecule has 0 bridgehead atoms. The highest BCUT2D eigenvalue weighted by Crippen LogP contribution is 2.17. The first-order chi connectivity index (χ1) is 26.1. The van der Waals surface area contributed by atoms with Crippen LogP contribution in [-0.4, -0.2) is 46.1 Å². The van der Waals surface area contributed by atoms with Crippen LogP contribution in [0.1, 0.15) is 251 Å². The molecule has 5 nitrogen and oxygen atoms in total. The molecule has 0 radical (unpaired) electrons. The van der Waals surface area contributed by atoms with E-state index in [-0.39, 0.29) is 6.61 Å². The van der Waals surface area contributed by atoms with Crippen molar-refractivity contribution in [3.8, 4) is 0 Å². The van der Waals surface area contributed by atoms with Crippen LogP contribution in [0.3, 0.4) is 0 Å². The van der Waals surface area contributed by atoms with Crippen LogP contribution in [0.25, 0.3) is 0 Å². The number of amides is 1. The summed E-state index contributed by atoms with van der Waals surface area (Å²) in [6.45, 7) is 4.16. The molecule has 3 atom stereocenters. The Morgan fingerprint density at radius 3 is 1.15 bits per heavy atom. The summed E-state index contributed by atoms with van der Waals surface area (Å²) in [4.78, 5) is 12.5. The van der Waals surface area contributed by atoms with Crippen molar-refractivity contribution in [1.82, 2.24) is 5.32 Å². The summed E-state index contributed by atoms with van der Waals surface area (Å²) in [6.07, 6.45) is 53.8. The molecule has 0 saturated heterocycles. The van der Waals surface area contributed by atoms with E-state index in [0.717, 1.165) is 38.5 Å². The van der Waals surface area contributed by atoms with Gasteiger partial charge in [0.05, 0.1) is 18.8 Å². The number of nitrogens with one attached hydrogen (secondary N) is 1. The maximum atomic E-state index is 12.5. The number of aliphatic hydroxyl groups excluding tert-OH is 3. The van der Waals surface area contributed by atoms with Gasteiger partial charge in [-0.15, -0.1) is 0 Å². The summed E-state index contributed by atoms with van der Waals surface area (Å²) >= 11 is 0. The van der Waals surface area contributed by atoms with Gasteiger partial charge in [0.2, 0.25) is 5.91 Å². The maximum Gasteiger partial charge on any atom is 0.249 e. The Labute approximate surface area is 331 Å². The first kappa shape index (κ1) is 51.8. The minimum atomic E-state index is -1.10. The lowest BCUT2D eigenvalue weighted by Crippen LogP contribution is -2.48. The van der Waals surface area contributed by atoms with Gasteiger partial charge in [-0.3, -0.25) is 4.79 Å². The molecule has 0 saturated carbocycles. The molecular formula is C48H93NO4. The first-order valence-electron chi connectivity index (χ1n) is 23.7. The number of carbonyl (C=O) groups is 1. The lowest BCUT2D eigenvalue weighted by atomic mass is 10.0. The van der Waals surface area contributed by atoms with E-state index in [0.29, 0.717) is 6.42 Å². The number of aliphatic hydroxyl groups is 3. The predicted molar refractivity (Wildman–Crippen MR) is 231 cm³/mol. The highest BCUT2D eigenvalue weighted by molar-refractivity contribution is 5.80. The third-order valence-corrected chi connectivity index (χ3v) is 11.0. The summed E-state index contributed by atoms with van der Waals surface area (Å²) in [7, 11) is 0. The Bertz CT molecular complexity index is 784. The van der Waals surface area contributed by atoms with E-state index in [9.17, 15) is 20.1 Å². The Kier molecular flexibility index (Phi) is 42.6. The standard InChI is InChI=1S/C48H93NO4/c1-3-5-7-9-11-13-15-17-18-19-20-21-22-23-24-25-26-27-28-29-30-31-33-35-37-39-41-43-47(52)48(53)49-45(44-50)46(51)42-40-38-36-34-32-16-14-12-10-8-6-4-2/h32,34,40,42,45-47,50-52H,3-31,33,35-39,41,43-44H2,1-2H3,(H,49,53)/b34-32+,42-40+. The fourth-order valence-corrected chi connectivity index (χ4v) is 7.32. The van der Waals surface area contributed by atoms with Crippen molar-refractivity contribution in [3.05, 3.63) is 24.3 Å². The molecule has 0 aromatic carbocycles. The Balaban J connectivity index is 3.55. The quantitative estimate of drug-likeness (QED) is 0.0369. The Hall–Kier alpha value is -1.17. The second kappa shape index (κ2) is 43.6. The van der Waals surface area contributed by atoms with Crippen LogP contribution in [0.5, 0.6) is 0 Å². The van der Waals surface area contributed by atoms with Gasteiger partial charge < -0.3 is 20.6 Å². The van der Waals surface area contributed by atoms with Crippen LogP contribution in [0, 0.1) is 0 Å². The van der Waals surface area contributed by atoms with Gasteiger partial charge in [0.1, 0.15) is 6.10 Å². The third kappa shape index (κ3) is 38.9. The van der Waals surface area contributed by atoms with Crippen LogP contribution in [0.4, 0.5) is 0 Å². The Morgan fingerprint density at radius 2 is 0.774 bits per heavy atom. The van der Waals surface area contributed by atoms with Gasteiger partial charge in [0.15, 0.2) is 0 Å². The number of unbranched alkanes of at least 4 members (excludes halogenated alkanes) is 33. The van der Waals surface area contributed by atoms with Crippen LogP contribution in [-0.2, 0) is 4.79 Å². The zero-order valence-electron chi connectivity index (χ0n) is 35.7. The summed E-state index contributed by atoms with van der Waals surface area (Å²) in [5, 5.41) is 33.1. The van der Waals surface area contributed by atoms with Crippen molar-refractivity contribution in [2.45, 2.75) is 270 Å². The molecule has 0 aliphatic rings. The average Bonchev–Trinajstić information content (AvgIpc) is 3.16. The lowest BCUT2D eigenvalue weighted by Gasteiger charge is -2.21. The van der Waals surface area contributed by atoms with Crippen molar-refractivity contribution in [2.24, 2.45) is 0 Å². The molecule has 4 N–H and O–H groups in total. The number of carbonyl (C=O) groups excluding carboxylic acids is 1. The third-order valence-electron chi connectivity index (χ3n) is 11.0. The fourth-order valence-electron chi connectivity index (χ4n) is 7.32. The molecule has 0 spiro atoms. The van der Waals surface area contributed by atoms with E-state index in [4.69, 9.17) is 0 Å². The molecular weight excluding hydrogens is 655 g/mol. The van der Waals surface area contributed by atoms with Crippen molar-refractivity contribution in [3.63, 3.8) is 0 Å². The summed E-state index contributed by atoms with van der Waals surface area (Å²) < 4.78 is 0. The van der Waals surface area contributed by atoms with E-state index in [1.807, 2.05) is 6.08 Å². The fraction of sp³-hybridized carbons (Fsp3) is 0.896. The Morgan fingerprint density at radius 1 is 0.453 bits per heavy atom. The van der Waals surface area contributed by atoms with Crippen molar-refractivity contribution in [1.29, 1.82) is 0 Å². The smallest absolute Gasteiger partial charge is 0.249 e. The molecule has 3 unspecified atom stereocenters. The zero-order valence-corrected chi connectivity index (χ0v) is 35.7. The van der Waals surface area contributed by atoms with E-state index >= 15 is 0 Å². The van der Waals surface area contributed by atoms with Crippen LogP contribution in [0.15, 0.2) is 24.3 Å². The molecule has 0 heterocycles. The summed E-state index contributed by atoms with van der Waals surface area (Å²) in [6, 6.07) is -0.810. The van der Waals surface area contributed by atoms with E-state index in [1.54, 1.807) is 6.08 Å². The lowest BCUT2D eigenvalue weighted by molar-refractivity contribution is -0.131. The zero-order chi connectivity index (χ0) is 38.7. The molecule has 0 rings (SSSR count).